The smallest absolute Gasteiger partial charge is 0.262 e. The van der Waals surface area contributed by atoms with E-state index in [1.54, 1.807) is 32.4 Å². The van der Waals surface area contributed by atoms with Crippen LogP contribution >= 0.6 is 15.9 Å². The normalized spacial score (nSPS) is 10.2. The molecule has 0 saturated carbocycles. The quantitative estimate of drug-likeness (QED) is 0.770. The van der Waals surface area contributed by atoms with Crippen molar-refractivity contribution in [3.05, 3.63) is 46.4 Å². The van der Waals surface area contributed by atoms with Gasteiger partial charge in [0.2, 0.25) is 0 Å². The highest BCUT2D eigenvalue weighted by molar-refractivity contribution is 9.10. The summed E-state index contributed by atoms with van der Waals surface area (Å²) >= 11 is 3.45. The zero-order valence-electron chi connectivity index (χ0n) is 13.9. The fraction of sp³-hybridized carbons (Fsp3) is 0.278. The van der Waals surface area contributed by atoms with Gasteiger partial charge < -0.3 is 19.5 Å². The number of benzene rings is 2. The van der Waals surface area contributed by atoms with Crippen molar-refractivity contribution >= 4 is 27.5 Å². The van der Waals surface area contributed by atoms with Crippen LogP contribution in [0.3, 0.4) is 0 Å². The van der Waals surface area contributed by atoms with E-state index in [0.717, 1.165) is 10.9 Å². The first kappa shape index (κ1) is 18.1. The lowest BCUT2D eigenvalue weighted by molar-refractivity contribution is -0.118. The molecule has 6 heteroatoms. The second-order valence-electron chi connectivity index (χ2n) is 5.06. The van der Waals surface area contributed by atoms with Gasteiger partial charge in [-0.1, -0.05) is 13.0 Å². The van der Waals surface area contributed by atoms with E-state index in [1.165, 1.54) is 5.56 Å². The zero-order valence-corrected chi connectivity index (χ0v) is 15.5. The van der Waals surface area contributed by atoms with Gasteiger partial charge in [0.1, 0.15) is 17.2 Å². The lowest BCUT2D eigenvalue weighted by Crippen LogP contribution is -2.20. The van der Waals surface area contributed by atoms with E-state index in [1.807, 2.05) is 18.2 Å². The number of anilines is 1. The number of nitrogens with one attached hydrogen (secondary N) is 1. The third-order valence-electron chi connectivity index (χ3n) is 3.40. The van der Waals surface area contributed by atoms with Gasteiger partial charge in [-0.25, -0.2) is 0 Å². The third-order valence-corrected chi connectivity index (χ3v) is 4.02. The number of ether oxygens (including phenoxy) is 3. The van der Waals surface area contributed by atoms with E-state index < -0.39 is 0 Å². The van der Waals surface area contributed by atoms with Crippen molar-refractivity contribution in [3.63, 3.8) is 0 Å². The first-order valence-electron chi connectivity index (χ1n) is 7.49. The SMILES string of the molecule is CCc1ccc(OCC(=O)Nc2cc(OC)cc(OC)c2)c(Br)c1. The molecule has 0 aliphatic heterocycles. The first-order valence-corrected chi connectivity index (χ1v) is 8.29. The molecule has 0 aliphatic rings. The van der Waals surface area contributed by atoms with Crippen LogP contribution in [0.25, 0.3) is 0 Å². The number of hydrogen-bond donors (Lipinski definition) is 1. The van der Waals surface area contributed by atoms with Crippen molar-refractivity contribution in [2.45, 2.75) is 13.3 Å². The fourth-order valence-electron chi connectivity index (χ4n) is 2.10. The molecule has 1 N–H and O–H groups in total. The molecule has 0 heterocycles. The van der Waals surface area contributed by atoms with Crippen molar-refractivity contribution in [2.75, 3.05) is 26.1 Å². The van der Waals surface area contributed by atoms with Crippen LogP contribution in [-0.4, -0.2) is 26.7 Å². The first-order chi connectivity index (χ1) is 11.5. The molecule has 0 unspecified atom stereocenters. The Labute approximate surface area is 150 Å². The third kappa shape index (κ3) is 4.89. The molecule has 0 aliphatic carbocycles. The highest BCUT2D eigenvalue weighted by Gasteiger charge is 2.09. The van der Waals surface area contributed by atoms with Gasteiger partial charge in [-0.05, 0) is 40.0 Å². The van der Waals surface area contributed by atoms with Crippen molar-refractivity contribution < 1.29 is 19.0 Å². The predicted octanol–water partition coefficient (Wildman–Crippen LogP) is 4.05. The molecule has 1 amide bonds. The molecule has 2 rings (SSSR count). The summed E-state index contributed by atoms with van der Waals surface area (Å²) in [6.45, 7) is 1.99. The molecule has 24 heavy (non-hydrogen) atoms. The Kier molecular flexibility index (Phi) is 6.49. The Balaban J connectivity index is 1.98. The van der Waals surface area contributed by atoms with E-state index in [4.69, 9.17) is 14.2 Å². The Morgan fingerprint density at radius 3 is 2.29 bits per heavy atom. The van der Waals surface area contributed by atoms with E-state index in [2.05, 4.69) is 28.2 Å². The standard InChI is InChI=1S/C18H20BrNO4/c1-4-12-5-6-17(16(19)7-12)24-11-18(21)20-13-8-14(22-2)10-15(9-13)23-3/h5-10H,4,11H2,1-3H3,(H,20,21). The maximum atomic E-state index is 12.1. The number of rotatable bonds is 7. The average molecular weight is 394 g/mol. The van der Waals surface area contributed by atoms with Crippen LogP contribution in [0.15, 0.2) is 40.9 Å². The monoisotopic (exact) mass is 393 g/mol. The van der Waals surface area contributed by atoms with Gasteiger partial charge in [0, 0.05) is 23.9 Å². The molecule has 2 aromatic rings. The minimum Gasteiger partial charge on any atom is -0.497 e. The molecule has 0 aromatic heterocycles. The average Bonchev–Trinajstić information content (AvgIpc) is 2.60. The molecule has 128 valence electrons. The van der Waals surface area contributed by atoms with Crippen molar-refractivity contribution in [1.29, 1.82) is 0 Å². The Morgan fingerprint density at radius 1 is 1.08 bits per heavy atom. The van der Waals surface area contributed by atoms with Crippen LogP contribution < -0.4 is 19.5 Å². The van der Waals surface area contributed by atoms with Gasteiger partial charge in [-0.2, -0.15) is 0 Å². The topological polar surface area (TPSA) is 56.8 Å². The highest BCUT2D eigenvalue weighted by Crippen LogP contribution is 2.27. The van der Waals surface area contributed by atoms with Crippen LogP contribution in [-0.2, 0) is 11.2 Å². The molecular weight excluding hydrogens is 374 g/mol. The van der Waals surface area contributed by atoms with Crippen molar-refractivity contribution in [1.82, 2.24) is 0 Å². The highest BCUT2D eigenvalue weighted by atomic mass is 79.9. The molecule has 5 nitrogen and oxygen atoms in total. The lowest BCUT2D eigenvalue weighted by Gasteiger charge is -2.11. The van der Waals surface area contributed by atoms with Crippen LogP contribution in [0.4, 0.5) is 5.69 Å². The second-order valence-corrected chi connectivity index (χ2v) is 5.91. The largest absolute Gasteiger partial charge is 0.497 e. The Hall–Kier alpha value is -2.21. The Bertz CT molecular complexity index is 696. The van der Waals surface area contributed by atoms with Crippen LogP contribution in [0.5, 0.6) is 17.2 Å². The van der Waals surface area contributed by atoms with E-state index in [9.17, 15) is 4.79 Å². The molecule has 0 saturated heterocycles. The summed E-state index contributed by atoms with van der Waals surface area (Å²) in [6.07, 6.45) is 0.942. The summed E-state index contributed by atoms with van der Waals surface area (Å²) in [4.78, 5) is 12.1. The zero-order chi connectivity index (χ0) is 17.5. The van der Waals surface area contributed by atoms with Crippen LogP contribution in [0, 0.1) is 0 Å². The number of carbonyl (C=O) groups is 1. The van der Waals surface area contributed by atoms with Gasteiger partial charge in [0.15, 0.2) is 6.61 Å². The minimum atomic E-state index is -0.267. The number of hydrogen-bond acceptors (Lipinski definition) is 4. The summed E-state index contributed by atoms with van der Waals surface area (Å²) in [5.74, 6) is 1.56. The summed E-state index contributed by atoms with van der Waals surface area (Å²) in [5, 5.41) is 2.76. The number of aryl methyl sites for hydroxylation is 1. The van der Waals surface area contributed by atoms with E-state index in [0.29, 0.717) is 22.9 Å². The number of amides is 1. The molecule has 0 radical (unpaired) electrons. The van der Waals surface area contributed by atoms with Gasteiger partial charge in [-0.3, -0.25) is 4.79 Å². The molecular formula is C18H20BrNO4. The van der Waals surface area contributed by atoms with Gasteiger partial charge >= 0.3 is 0 Å². The molecule has 0 fully saturated rings. The minimum absolute atomic E-state index is 0.0937. The van der Waals surface area contributed by atoms with E-state index >= 15 is 0 Å². The maximum absolute atomic E-state index is 12.1. The summed E-state index contributed by atoms with van der Waals surface area (Å²) in [7, 11) is 3.11. The molecule has 0 atom stereocenters. The number of carbonyl (C=O) groups excluding carboxylic acids is 1. The second kappa shape index (κ2) is 8.59. The number of halogens is 1. The van der Waals surface area contributed by atoms with Crippen molar-refractivity contribution in [3.8, 4) is 17.2 Å². The van der Waals surface area contributed by atoms with Crippen LogP contribution in [0.1, 0.15) is 12.5 Å². The molecule has 2 aromatic carbocycles. The van der Waals surface area contributed by atoms with Gasteiger partial charge in [-0.15, -0.1) is 0 Å². The predicted molar refractivity (Wildman–Crippen MR) is 97.2 cm³/mol. The van der Waals surface area contributed by atoms with E-state index in [-0.39, 0.29) is 12.5 Å². The summed E-state index contributed by atoms with van der Waals surface area (Å²) in [6, 6.07) is 11.0. The summed E-state index contributed by atoms with van der Waals surface area (Å²) in [5.41, 5.74) is 1.78. The fourth-order valence-corrected chi connectivity index (χ4v) is 2.64. The molecule has 0 spiro atoms. The Morgan fingerprint density at radius 2 is 1.75 bits per heavy atom. The maximum Gasteiger partial charge on any atom is 0.262 e. The number of methoxy groups -OCH3 is 2. The molecule has 0 bridgehead atoms. The lowest BCUT2D eigenvalue weighted by atomic mass is 10.2. The summed E-state index contributed by atoms with van der Waals surface area (Å²) < 4.78 is 16.7. The van der Waals surface area contributed by atoms with Crippen LogP contribution in [0.2, 0.25) is 0 Å². The van der Waals surface area contributed by atoms with Gasteiger partial charge in [0.25, 0.3) is 5.91 Å². The van der Waals surface area contributed by atoms with Gasteiger partial charge in [0.05, 0.1) is 18.7 Å². The van der Waals surface area contributed by atoms with Crippen molar-refractivity contribution in [2.24, 2.45) is 0 Å².